The van der Waals surface area contributed by atoms with Gasteiger partial charge in [-0.25, -0.2) is 0 Å². The van der Waals surface area contributed by atoms with E-state index in [-0.39, 0.29) is 6.04 Å². The molecule has 0 aliphatic rings. The minimum atomic E-state index is -0.0718. The lowest BCUT2D eigenvalue weighted by atomic mass is 10.0. The summed E-state index contributed by atoms with van der Waals surface area (Å²) in [5.41, 5.74) is 8.03. The first-order valence-electron chi connectivity index (χ1n) is 4.35. The van der Waals surface area contributed by atoms with E-state index in [4.69, 9.17) is 17.3 Å². The Labute approximate surface area is 98.1 Å². The first kappa shape index (κ1) is 11.8. The van der Waals surface area contributed by atoms with Gasteiger partial charge in [-0.05, 0) is 37.1 Å². The number of halogens is 2. The third-order valence-electron chi connectivity index (χ3n) is 1.93. The van der Waals surface area contributed by atoms with Crippen LogP contribution in [0.2, 0.25) is 5.02 Å². The van der Waals surface area contributed by atoms with E-state index >= 15 is 0 Å². The molecule has 1 aromatic carbocycles. The van der Waals surface area contributed by atoms with Crippen molar-refractivity contribution in [1.29, 1.82) is 0 Å². The molecule has 0 fully saturated rings. The summed E-state index contributed by atoms with van der Waals surface area (Å²) in [4.78, 5) is 0. The molecule has 0 radical (unpaired) electrons. The molecule has 0 spiro atoms. The molecule has 0 unspecified atom stereocenters. The molecule has 76 valence electrons. The molecule has 0 bridgehead atoms. The van der Waals surface area contributed by atoms with Crippen LogP contribution in [0.25, 0.3) is 0 Å². The molecule has 1 aromatic rings. The van der Waals surface area contributed by atoms with E-state index < -0.39 is 0 Å². The molecule has 1 rings (SSSR count). The van der Waals surface area contributed by atoms with Gasteiger partial charge in [0.15, 0.2) is 0 Å². The van der Waals surface area contributed by atoms with Gasteiger partial charge in [0.25, 0.3) is 0 Å². The lowest BCUT2D eigenvalue weighted by molar-refractivity contribution is 0.717. The molecule has 0 saturated carbocycles. The fraction of sp³-hybridized carbons (Fsp3) is 0.273. The first-order chi connectivity index (χ1) is 6.50. The first-order valence-corrected chi connectivity index (χ1v) is 5.52. The van der Waals surface area contributed by atoms with E-state index in [0.29, 0.717) is 5.02 Å². The molecule has 0 aliphatic carbocycles. The molecule has 1 atom stereocenters. The van der Waals surface area contributed by atoms with Crippen LogP contribution >= 0.6 is 27.5 Å². The Morgan fingerprint density at radius 3 is 2.86 bits per heavy atom. The quantitative estimate of drug-likeness (QED) is 0.826. The number of benzene rings is 1. The van der Waals surface area contributed by atoms with Crippen LogP contribution < -0.4 is 5.73 Å². The molecule has 0 amide bonds. The average Bonchev–Trinajstić information content (AvgIpc) is 2.08. The van der Waals surface area contributed by atoms with E-state index in [0.717, 1.165) is 22.0 Å². The van der Waals surface area contributed by atoms with Crippen LogP contribution in [-0.2, 0) is 0 Å². The minimum Gasteiger partial charge on any atom is -0.324 e. The zero-order valence-electron chi connectivity index (χ0n) is 8.06. The Hall–Kier alpha value is -0.310. The van der Waals surface area contributed by atoms with Crippen molar-refractivity contribution in [2.75, 3.05) is 0 Å². The fourth-order valence-corrected chi connectivity index (χ4v) is 1.92. The summed E-state index contributed by atoms with van der Waals surface area (Å²) in [6, 6.07) is 5.63. The molecule has 1 nitrogen and oxygen atoms in total. The normalized spacial score (nSPS) is 12.6. The van der Waals surface area contributed by atoms with Crippen molar-refractivity contribution in [1.82, 2.24) is 0 Å². The molecule has 0 heterocycles. The van der Waals surface area contributed by atoms with Crippen LogP contribution in [-0.4, -0.2) is 0 Å². The van der Waals surface area contributed by atoms with Gasteiger partial charge < -0.3 is 5.73 Å². The molecular formula is C11H13BrClN. The van der Waals surface area contributed by atoms with Crippen molar-refractivity contribution in [2.24, 2.45) is 5.73 Å². The summed E-state index contributed by atoms with van der Waals surface area (Å²) in [6.07, 6.45) is 0.760. The largest absolute Gasteiger partial charge is 0.324 e. The highest BCUT2D eigenvalue weighted by Crippen LogP contribution is 2.28. The molecular weight excluding hydrogens is 261 g/mol. The molecule has 2 N–H and O–H groups in total. The number of hydrogen-bond acceptors (Lipinski definition) is 1. The molecule has 14 heavy (non-hydrogen) atoms. The van der Waals surface area contributed by atoms with Crippen LogP contribution in [0, 0.1) is 0 Å². The average molecular weight is 275 g/mol. The summed E-state index contributed by atoms with van der Waals surface area (Å²) in [7, 11) is 0. The van der Waals surface area contributed by atoms with E-state index in [1.165, 1.54) is 0 Å². The maximum atomic E-state index is 6.04. The van der Waals surface area contributed by atoms with Crippen molar-refractivity contribution >= 4 is 27.5 Å². The van der Waals surface area contributed by atoms with Gasteiger partial charge in [-0.2, -0.15) is 0 Å². The molecule has 0 aliphatic heterocycles. The smallest absolute Gasteiger partial charge is 0.0454 e. The third-order valence-corrected chi connectivity index (χ3v) is 2.76. The van der Waals surface area contributed by atoms with Gasteiger partial charge in [-0.15, -0.1) is 6.58 Å². The van der Waals surface area contributed by atoms with E-state index in [1.807, 2.05) is 25.1 Å². The van der Waals surface area contributed by atoms with Crippen LogP contribution in [0.1, 0.15) is 24.9 Å². The predicted octanol–water partition coefficient (Wildman–Crippen LogP) is 4.07. The summed E-state index contributed by atoms with van der Waals surface area (Å²) >= 11 is 9.44. The van der Waals surface area contributed by atoms with Gasteiger partial charge in [0, 0.05) is 15.5 Å². The maximum absolute atomic E-state index is 6.04. The van der Waals surface area contributed by atoms with E-state index in [2.05, 4.69) is 22.5 Å². The lowest BCUT2D eigenvalue weighted by Gasteiger charge is -2.13. The molecule has 0 saturated heterocycles. The number of nitrogens with two attached hydrogens (primary N) is 1. The van der Waals surface area contributed by atoms with Crippen molar-refractivity contribution in [3.8, 4) is 0 Å². The summed E-state index contributed by atoms with van der Waals surface area (Å²) < 4.78 is 0.995. The van der Waals surface area contributed by atoms with E-state index in [1.54, 1.807) is 0 Å². The SMILES string of the molecule is C=C(C)C[C@H](N)c1cc(Br)ccc1Cl. The van der Waals surface area contributed by atoms with Crippen LogP contribution in [0.5, 0.6) is 0 Å². The Morgan fingerprint density at radius 1 is 1.64 bits per heavy atom. The molecule has 3 heteroatoms. The highest BCUT2D eigenvalue weighted by atomic mass is 79.9. The second-order valence-electron chi connectivity index (χ2n) is 3.43. The summed E-state index contributed by atoms with van der Waals surface area (Å²) in [5, 5.41) is 0.710. The standard InChI is InChI=1S/C11H13BrClN/c1-7(2)5-11(14)9-6-8(12)3-4-10(9)13/h3-4,6,11H,1,5,14H2,2H3/t11-/m0/s1. The lowest BCUT2D eigenvalue weighted by Crippen LogP contribution is -2.10. The van der Waals surface area contributed by atoms with Gasteiger partial charge in [0.1, 0.15) is 0 Å². The molecule has 0 aromatic heterocycles. The predicted molar refractivity (Wildman–Crippen MR) is 65.5 cm³/mol. The zero-order valence-corrected chi connectivity index (χ0v) is 10.4. The van der Waals surface area contributed by atoms with Crippen molar-refractivity contribution in [2.45, 2.75) is 19.4 Å². The highest BCUT2D eigenvalue weighted by Gasteiger charge is 2.10. The Bertz CT molecular complexity index is 349. The maximum Gasteiger partial charge on any atom is 0.0454 e. The number of rotatable bonds is 3. The third kappa shape index (κ3) is 3.12. The summed E-state index contributed by atoms with van der Waals surface area (Å²) in [5.74, 6) is 0. The van der Waals surface area contributed by atoms with Crippen molar-refractivity contribution in [3.63, 3.8) is 0 Å². The van der Waals surface area contributed by atoms with Gasteiger partial charge in [-0.3, -0.25) is 0 Å². The Balaban J connectivity index is 2.93. The second-order valence-corrected chi connectivity index (χ2v) is 4.76. The van der Waals surface area contributed by atoms with Crippen LogP contribution in [0.15, 0.2) is 34.8 Å². The monoisotopic (exact) mass is 273 g/mol. The highest BCUT2D eigenvalue weighted by molar-refractivity contribution is 9.10. The van der Waals surface area contributed by atoms with Crippen molar-refractivity contribution in [3.05, 3.63) is 45.4 Å². The van der Waals surface area contributed by atoms with Gasteiger partial charge in [0.05, 0.1) is 0 Å². The van der Waals surface area contributed by atoms with Crippen LogP contribution in [0.4, 0.5) is 0 Å². The second kappa shape index (κ2) is 4.96. The van der Waals surface area contributed by atoms with Gasteiger partial charge >= 0.3 is 0 Å². The van der Waals surface area contributed by atoms with E-state index in [9.17, 15) is 0 Å². The fourth-order valence-electron chi connectivity index (χ4n) is 1.28. The Morgan fingerprint density at radius 2 is 2.29 bits per heavy atom. The van der Waals surface area contributed by atoms with Crippen LogP contribution in [0.3, 0.4) is 0 Å². The van der Waals surface area contributed by atoms with Gasteiger partial charge in [-0.1, -0.05) is 33.1 Å². The van der Waals surface area contributed by atoms with Gasteiger partial charge in [0.2, 0.25) is 0 Å². The minimum absolute atomic E-state index is 0.0718. The summed E-state index contributed by atoms with van der Waals surface area (Å²) in [6.45, 7) is 5.80. The van der Waals surface area contributed by atoms with Crippen molar-refractivity contribution < 1.29 is 0 Å². The zero-order chi connectivity index (χ0) is 10.7. The number of hydrogen-bond donors (Lipinski definition) is 1. The topological polar surface area (TPSA) is 26.0 Å². The Kier molecular flexibility index (Phi) is 4.17.